The molecule has 0 amide bonds. The fourth-order valence-electron chi connectivity index (χ4n) is 4.77. The Kier molecular flexibility index (Phi) is 13.1. The number of hydrogen-bond acceptors (Lipinski definition) is 7. The zero-order valence-corrected chi connectivity index (χ0v) is 35.2. The number of rotatable bonds is 10. The first-order valence-electron chi connectivity index (χ1n) is 16.0. The van der Waals surface area contributed by atoms with Gasteiger partial charge in [-0.1, -0.05) is 84.9 Å². The van der Waals surface area contributed by atoms with Crippen molar-refractivity contribution in [2.75, 3.05) is 7.11 Å². The van der Waals surface area contributed by atoms with Crippen LogP contribution in [0.4, 0.5) is 0 Å². The molecule has 7 unspecified atom stereocenters. The summed E-state index contributed by atoms with van der Waals surface area (Å²) in [5.41, 5.74) is 0. The van der Waals surface area contributed by atoms with Crippen molar-refractivity contribution in [3.8, 4) is 0 Å². The van der Waals surface area contributed by atoms with Gasteiger partial charge in [-0.05, 0) is 77.4 Å². The summed E-state index contributed by atoms with van der Waals surface area (Å²) >= 11 is 2.29. The largest absolute Gasteiger partial charge is 0.469 e. The van der Waals surface area contributed by atoms with E-state index < -0.39 is 31.1 Å². The van der Waals surface area contributed by atoms with Gasteiger partial charge in [0, 0.05) is 0 Å². The molecule has 0 N–H and O–H groups in total. The minimum atomic E-state index is -2.31. The third-order valence-electron chi connectivity index (χ3n) is 10.7. The fraction of sp³-hybridized carbons (Fsp3) is 0.906. The van der Waals surface area contributed by atoms with E-state index in [2.05, 4.69) is 130 Å². The monoisotopic (exact) mass is 770 g/mol. The van der Waals surface area contributed by atoms with E-state index in [1.54, 1.807) is 0 Å². The summed E-state index contributed by atoms with van der Waals surface area (Å²) in [6, 6.07) is 0. The van der Waals surface area contributed by atoms with Crippen molar-refractivity contribution in [3.63, 3.8) is 0 Å². The summed E-state index contributed by atoms with van der Waals surface area (Å²) in [5, 5.41) is -0.00778. The number of carbonyl (C=O) groups excluding carboxylic acids is 1. The second-order valence-corrected chi connectivity index (χ2v) is 32.1. The second kappa shape index (κ2) is 14.2. The molecular formula is C32H63IO7Si3. The fourth-order valence-corrected chi connectivity index (χ4v) is 9.03. The predicted molar refractivity (Wildman–Crippen MR) is 193 cm³/mol. The molecule has 7 atom stereocenters. The van der Waals surface area contributed by atoms with Gasteiger partial charge in [-0.3, -0.25) is 4.79 Å². The van der Waals surface area contributed by atoms with Crippen molar-refractivity contribution < 1.29 is 32.3 Å². The van der Waals surface area contributed by atoms with E-state index in [4.69, 9.17) is 27.5 Å². The summed E-state index contributed by atoms with van der Waals surface area (Å²) in [6.45, 7) is 34.1. The van der Waals surface area contributed by atoms with Gasteiger partial charge < -0.3 is 27.5 Å². The molecule has 0 aromatic rings. The van der Waals surface area contributed by atoms with Crippen LogP contribution in [0.3, 0.4) is 0 Å². The van der Waals surface area contributed by atoms with Gasteiger partial charge in [0.25, 0.3) is 0 Å². The van der Waals surface area contributed by atoms with Crippen molar-refractivity contribution in [1.82, 2.24) is 0 Å². The number of esters is 1. The van der Waals surface area contributed by atoms with E-state index in [-0.39, 0.29) is 64.1 Å². The quantitative estimate of drug-likeness (QED) is 0.125. The van der Waals surface area contributed by atoms with Crippen molar-refractivity contribution in [2.24, 2.45) is 0 Å². The smallest absolute Gasteiger partial charge is 0.308 e. The molecular weight excluding hydrogens is 708 g/mol. The van der Waals surface area contributed by atoms with Gasteiger partial charge in [-0.15, -0.1) is 0 Å². The average Bonchev–Trinajstić information content (AvgIpc) is 2.82. The Balaban J connectivity index is 2.73. The third-order valence-corrected chi connectivity index (χ3v) is 24.5. The minimum absolute atomic E-state index is 0.0168. The van der Waals surface area contributed by atoms with E-state index in [9.17, 15) is 4.79 Å². The first kappa shape index (κ1) is 39.6. The maximum Gasteiger partial charge on any atom is 0.308 e. The molecule has 0 spiro atoms. The highest BCUT2D eigenvalue weighted by Gasteiger charge is 2.57. The van der Waals surface area contributed by atoms with Crippen LogP contribution in [0.25, 0.3) is 0 Å². The van der Waals surface area contributed by atoms with Crippen LogP contribution in [-0.2, 0) is 32.3 Å². The van der Waals surface area contributed by atoms with Gasteiger partial charge in [-0.25, -0.2) is 0 Å². The molecule has 7 nitrogen and oxygen atoms in total. The molecule has 252 valence electrons. The summed E-state index contributed by atoms with van der Waals surface area (Å²) < 4.78 is 42.8. The van der Waals surface area contributed by atoms with Crippen LogP contribution >= 0.6 is 22.6 Å². The standard InChI is InChI=1S/C32H63IO7Si3/c1-30(2,3)41(11,12)38-24(19-20-33)27-29(40-43(15,16)32(7,8)9)28(39-42(13,14)31(4,5)6)26-23(37-27)18-17-22(36-26)21-25(34)35-10/h19-20,22-24,26-29H,17-18,21H2,1-16H3. The normalized spacial score (nSPS) is 29.0. The molecule has 0 aromatic carbocycles. The van der Waals surface area contributed by atoms with Gasteiger partial charge in [0.1, 0.15) is 24.4 Å². The molecule has 2 saturated heterocycles. The van der Waals surface area contributed by atoms with E-state index >= 15 is 0 Å². The summed E-state index contributed by atoms with van der Waals surface area (Å²) in [7, 11) is -5.36. The molecule has 0 bridgehead atoms. The van der Waals surface area contributed by atoms with Crippen LogP contribution in [0, 0.1) is 0 Å². The van der Waals surface area contributed by atoms with Crippen LogP contribution in [0.5, 0.6) is 0 Å². The Morgan fingerprint density at radius 1 is 0.814 bits per heavy atom. The zero-order valence-electron chi connectivity index (χ0n) is 30.1. The van der Waals surface area contributed by atoms with Crippen LogP contribution < -0.4 is 0 Å². The summed E-state index contributed by atoms with van der Waals surface area (Å²) in [6.07, 6.45) is 1.61. The average molecular weight is 771 g/mol. The zero-order chi connectivity index (χ0) is 33.4. The number of ether oxygens (including phenoxy) is 3. The van der Waals surface area contributed by atoms with E-state index in [0.717, 1.165) is 12.8 Å². The molecule has 0 radical (unpaired) electrons. The topological polar surface area (TPSA) is 72.5 Å². The maximum atomic E-state index is 12.3. The number of halogens is 1. The molecule has 2 aliphatic rings. The van der Waals surface area contributed by atoms with Crippen molar-refractivity contribution in [2.45, 2.75) is 179 Å². The van der Waals surface area contributed by atoms with Crippen LogP contribution in [0.2, 0.25) is 54.4 Å². The highest BCUT2D eigenvalue weighted by atomic mass is 127. The Bertz CT molecular complexity index is 965. The lowest BCUT2D eigenvalue weighted by molar-refractivity contribution is -0.266. The molecule has 0 saturated carbocycles. The van der Waals surface area contributed by atoms with E-state index in [1.165, 1.54) is 7.11 Å². The third kappa shape index (κ3) is 9.71. The van der Waals surface area contributed by atoms with Crippen molar-refractivity contribution in [1.29, 1.82) is 0 Å². The Morgan fingerprint density at radius 3 is 1.74 bits per heavy atom. The lowest BCUT2D eigenvalue weighted by atomic mass is 9.87. The van der Waals surface area contributed by atoms with Gasteiger partial charge in [0.2, 0.25) is 0 Å². The Morgan fingerprint density at radius 2 is 1.30 bits per heavy atom. The molecule has 2 aliphatic heterocycles. The highest BCUT2D eigenvalue weighted by molar-refractivity contribution is 14.1. The van der Waals surface area contributed by atoms with Gasteiger partial charge >= 0.3 is 5.97 Å². The van der Waals surface area contributed by atoms with Crippen LogP contribution in [0.1, 0.15) is 81.6 Å². The van der Waals surface area contributed by atoms with Gasteiger partial charge in [0.15, 0.2) is 25.0 Å². The second-order valence-electron chi connectivity index (χ2n) is 17.1. The number of methoxy groups -OCH3 is 1. The van der Waals surface area contributed by atoms with Gasteiger partial charge in [-0.2, -0.15) is 0 Å². The number of carbonyl (C=O) groups is 1. The SMILES string of the molecule is COC(=O)CC1CCC2OC(C(C=CI)O[Si](C)(C)C(C)(C)C)C(O[Si](C)(C)C(C)(C)C)C(O[Si](C)(C)C(C)(C)C)C2O1. The highest BCUT2D eigenvalue weighted by Crippen LogP contribution is 2.47. The van der Waals surface area contributed by atoms with E-state index in [0.29, 0.717) is 0 Å². The lowest BCUT2D eigenvalue weighted by Gasteiger charge is -2.56. The molecule has 0 aliphatic carbocycles. The van der Waals surface area contributed by atoms with Crippen LogP contribution in [-0.4, -0.2) is 80.8 Å². The molecule has 2 rings (SSSR count). The first-order chi connectivity index (χ1) is 19.3. The lowest BCUT2D eigenvalue weighted by Crippen LogP contribution is -2.69. The van der Waals surface area contributed by atoms with Crippen LogP contribution in [0.15, 0.2) is 10.2 Å². The maximum absolute atomic E-state index is 12.3. The summed E-state index contributed by atoms with van der Waals surface area (Å²) in [5.74, 6) is -0.260. The summed E-state index contributed by atoms with van der Waals surface area (Å²) in [4.78, 5) is 12.3. The number of fused-ring (bicyclic) bond motifs is 1. The first-order valence-corrected chi connectivity index (χ1v) is 25.9. The van der Waals surface area contributed by atoms with Gasteiger partial charge in [0.05, 0.1) is 31.8 Å². The Labute approximate surface area is 280 Å². The minimum Gasteiger partial charge on any atom is -0.469 e. The number of hydrogen-bond donors (Lipinski definition) is 0. The molecule has 2 fully saturated rings. The molecule has 11 heteroatoms. The molecule has 2 heterocycles. The van der Waals surface area contributed by atoms with E-state index in [1.807, 2.05) is 4.08 Å². The van der Waals surface area contributed by atoms with Crippen molar-refractivity contribution >= 4 is 53.5 Å². The van der Waals surface area contributed by atoms with Crippen molar-refractivity contribution in [3.05, 3.63) is 10.2 Å². The molecule has 43 heavy (non-hydrogen) atoms. The predicted octanol–water partition coefficient (Wildman–Crippen LogP) is 8.98. The Hall–Kier alpha value is 0.391. The molecule has 0 aromatic heterocycles.